The van der Waals surface area contributed by atoms with Gasteiger partial charge in [-0.3, -0.25) is 0 Å². The van der Waals surface area contributed by atoms with Gasteiger partial charge in [0.05, 0.1) is 0 Å². The molecule has 0 spiro atoms. The quantitative estimate of drug-likeness (QED) is 0.530. The Bertz CT molecular complexity index is 1090. The van der Waals surface area contributed by atoms with E-state index in [2.05, 4.69) is 80.8 Å². The average Bonchev–Trinajstić information content (AvgIpc) is 2.67. The van der Waals surface area contributed by atoms with E-state index in [0.717, 1.165) is 40.6 Å². The lowest BCUT2D eigenvalue weighted by Crippen LogP contribution is -2.23. The highest BCUT2D eigenvalue weighted by atomic mass is 16.5. The zero-order valence-corrected chi connectivity index (χ0v) is 16.3. The Kier molecular flexibility index (Phi) is 4.49. The molecule has 136 valence electrons. The Labute approximate surface area is 161 Å². The molecule has 0 saturated carbocycles. The number of benzene rings is 3. The highest BCUT2D eigenvalue weighted by Gasteiger charge is 2.21. The van der Waals surface area contributed by atoms with Crippen LogP contribution >= 0.6 is 0 Å². The Balaban J connectivity index is 1.98. The molecule has 0 N–H and O–H groups in total. The first kappa shape index (κ1) is 17.4. The van der Waals surface area contributed by atoms with Gasteiger partial charge in [-0.05, 0) is 49.8 Å². The van der Waals surface area contributed by atoms with Gasteiger partial charge in [-0.2, -0.15) is 0 Å². The minimum absolute atomic E-state index is 0.877. The van der Waals surface area contributed by atoms with E-state index in [9.17, 15) is 0 Å². The second-order valence-electron chi connectivity index (χ2n) is 7.03. The number of rotatable bonds is 4. The summed E-state index contributed by atoms with van der Waals surface area (Å²) in [7, 11) is 0. The van der Waals surface area contributed by atoms with Crippen LogP contribution in [0.2, 0.25) is 0 Å². The normalized spacial score (nSPS) is 12.2. The standard InChI is InChI=1S/C25H25NO/c1-5-26(6-2)20-12-14-22-24(16-20)27-23-15-18(4)9-13-21(23)25(22)19-10-7-17(3)8-11-19/h7-16H,4-6H2,1-3H3. The van der Waals surface area contributed by atoms with E-state index in [1.807, 2.05) is 12.1 Å². The van der Waals surface area contributed by atoms with Crippen molar-refractivity contribution < 1.29 is 4.74 Å². The number of anilines is 1. The van der Waals surface area contributed by atoms with Gasteiger partial charge in [0.15, 0.2) is 0 Å². The van der Waals surface area contributed by atoms with Crippen LogP contribution in [0.1, 0.15) is 30.5 Å². The lowest BCUT2D eigenvalue weighted by Gasteiger charge is -2.25. The van der Waals surface area contributed by atoms with Gasteiger partial charge in [-0.25, -0.2) is 0 Å². The van der Waals surface area contributed by atoms with Crippen molar-refractivity contribution in [2.45, 2.75) is 20.8 Å². The number of nitrogens with zero attached hydrogens (tertiary/aromatic N) is 1. The number of aryl methyl sites for hydroxylation is 1. The summed E-state index contributed by atoms with van der Waals surface area (Å²) in [6, 6.07) is 21.5. The highest BCUT2D eigenvalue weighted by Crippen LogP contribution is 2.38. The van der Waals surface area contributed by atoms with Gasteiger partial charge in [-0.15, -0.1) is 0 Å². The van der Waals surface area contributed by atoms with Crippen LogP contribution in [0.5, 0.6) is 11.5 Å². The van der Waals surface area contributed by atoms with Gasteiger partial charge in [-0.1, -0.05) is 48.5 Å². The van der Waals surface area contributed by atoms with E-state index in [0.29, 0.717) is 0 Å². The van der Waals surface area contributed by atoms with Crippen LogP contribution < -0.4 is 20.1 Å². The molecule has 1 aliphatic rings. The SMILES string of the molecule is C=c1ccc2c(c1)Oc1cc(N(CC)CC)ccc1C=2c1ccc(C)cc1. The summed E-state index contributed by atoms with van der Waals surface area (Å²) < 4.78 is 6.33. The van der Waals surface area contributed by atoms with Crippen molar-refractivity contribution in [1.29, 1.82) is 0 Å². The topological polar surface area (TPSA) is 12.5 Å². The first-order valence-corrected chi connectivity index (χ1v) is 9.58. The van der Waals surface area contributed by atoms with Crippen molar-refractivity contribution in [2.24, 2.45) is 0 Å². The zero-order valence-electron chi connectivity index (χ0n) is 16.3. The van der Waals surface area contributed by atoms with Crippen molar-refractivity contribution in [3.05, 3.63) is 87.8 Å². The van der Waals surface area contributed by atoms with Gasteiger partial charge in [0, 0.05) is 41.2 Å². The molecular weight excluding hydrogens is 330 g/mol. The number of fused-ring (bicyclic) bond motifs is 2. The maximum Gasteiger partial charge on any atom is 0.137 e. The summed E-state index contributed by atoms with van der Waals surface area (Å²) in [5, 5.41) is 2.08. The van der Waals surface area contributed by atoms with Crippen LogP contribution in [0.25, 0.3) is 12.2 Å². The van der Waals surface area contributed by atoms with E-state index < -0.39 is 0 Å². The number of hydrogen-bond acceptors (Lipinski definition) is 2. The van der Waals surface area contributed by atoms with Crippen LogP contribution in [0, 0.1) is 6.92 Å². The smallest absolute Gasteiger partial charge is 0.137 e. The largest absolute Gasteiger partial charge is 0.456 e. The van der Waals surface area contributed by atoms with E-state index in [1.165, 1.54) is 22.4 Å². The summed E-state index contributed by atoms with van der Waals surface area (Å²) in [6.07, 6.45) is 0. The molecule has 0 bridgehead atoms. The van der Waals surface area contributed by atoms with Crippen LogP contribution in [-0.2, 0) is 0 Å². The third-order valence-corrected chi connectivity index (χ3v) is 5.24. The van der Waals surface area contributed by atoms with Gasteiger partial charge >= 0.3 is 0 Å². The summed E-state index contributed by atoms with van der Waals surface area (Å²) in [5.41, 5.74) is 6.02. The molecule has 1 heterocycles. The first-order valence-electron chi connectivity index (χ1n) is 9.58. The predicted molar refractivity (Wildman–Crippen MR) is 114 cm³/mol. The Morgan fingerprint density at radius 1 is 0.852 bits per heavy atom. The monoisotopic (exact) mass is 355 g/mol. The van der Waals surface area contributed by atoms with Crippen LogP contribution in [0.3, 0.4) is 0 Å². The van der Waals surface area contributed by atoms with Crippen molar-refractivity contribution >= 4 is 17.8 Å². The van der Waals surface area contributed by atoms with E-state index >= 15 is 0 Å². The highest BCUT2D eigenvalue weighted by molar-refractivity contribution is 5.86. The van der Waals surface area contributed by atoms with Gasteiger partial charge < -0.3 is 9.64 Å². The molecule has 0 aromatic heterocycles. The molecule has 0 unspecified atom stereocenters. The van der Waals surface area contributed by atoms with E-state index in [-0.39, 0.29) is 0 Å². The van der Waals surface area contributed by atoms with Crippen LogP contribution in [0.4, 0.5) is 5.69 Å². The van der Waals surface area contributed by atoms with Crippen molar-refractivity contribution in [2.75, 3.05) is 18.0 Å². The second kappa shape index (κ2) is 6.96. The second-order valence-corrected chi connectivity index (χ2v) is 7.03. The van der Waals surface area contributed by atoms with Crippen LogP contribution in [0.15, 0.2) is 60.7 Å². The Hall–Kier alpha value is -3.00. The minimum atomic E-state index is 0.877. The third-order valence-electron chi connectivity index (χ3n) is 5.24. The summed E-state index contributed by atoms with van der Waals surface area (Å²) in [6.45, 7) is 12.5. The molecule has 0 radical (unpaired) electrons. The third kappa shape index (κ3) is 3.12. The Morgan fingerprint density at radius 3 is 2.30 bits per heavy atom. The number of ether oxygens (including phenoxy) is 1. The molecule has 3 aromatic carbocycles. The fourth-order valence-corrected chi connectivity index (χ4v) is 3.74. The lowest BCUT2D eigenvalue weighted by molar-refractivity contribution is 0.472. The molecular formula is C25H25NO. The average molecular weight is 355 g/mol. The zero-order chi connectivity index (χ0) is 19.0. The molecule has 0 atom stereocenters. The fourth-order valence-electron chi connectivity index (χ4n) is 3.74. The fraction of sp³-hybridized carbons (Fsp3) is 0.200. The van der Waals surface area contributed by atoms with Gasteiger partial charge in [0.25, 0.3) is 0 Å². The molecule has 0 fully saturated rings. The molecule has 0 aliphatic carbocycles. The summed E-state index contributed by atoms with van der Waals surface area (Å²) >= 11 is 0. The molecule has 2 heteroatoms. The predicted octanol–water partition coefficient (Wildman–Crippen LogP) is 4.60. The summed E-state index contributed by atoms with van der Waals surface area (Å²) in [5.74, 6) is 1.79. The molecule has 2 nitrogen and oxygen atoms in total. The number of hydrogen-bond donors (Lipinski definition) is 0. The lowest BCUT2D eigenvalue weighted by atomic mass is 9.92. The molecule has 3 aromatic rings. The minimum Gasteiger partial charge on any atom is -0.456 e. The summed E-state index contributed by atoms with van der Waals surface area (Å²) in [4.78, 5) is 2.34. The molecule has 0 amide bonds. The van der Waals surface area contributed by atoms with Crippen molar-refractivity contribution in [3.63, 3.8) is 0 Å². The van der Waals surface area contributed by atoms with E-state index in [1.54, 1.807) is 0 Å². The molecule has 27 heavy (non-hydrogen) atoms. The maximum atomic E-state index is 6.33. The Morgan fingerprint density at radius 2 is 1.59 bits per heavy atom. The molecule has 1 aliphatic heterocycles. The molecule has 0 saturated heterocycles. The van der Waals surface area contributed by atoms with Gasteiger partial charge in [0.2, 0.25) is 0 Å². The van der Waals surface area contributed by atoms with Crippen molar-refractivity contribution in [1.82, 2.24) is 0 Å². The van der Waals surface area contributed by atoms with E-state index in [4.69, 9.17) is 4.74 Å². The first-order chi connectivity index (χ1) is 13.1. The maximum absolute atomic E-state index is 6.33. The van der Waals surface area contributed by atoms with Crippen molar-refractivity contribution in [3.8, 4) is 11.5 Å². The van der Waals surface area contributed by atoms with Crippen LogP contribution in [-0.4, -0.2) is 13.1 Å². The van der Waals surface area contributed by atoms with Gasteiger partial charge in [0.1, 0.15) is 11.5 Å². The molecule has 4 rings (SSSR count).